The first kappa shape index (κ1) is 26.8. The lowest BCUT2D eigenvalue weighted by atomic mass is 9.97. The molecular weight excluding hydrogens is 446 g/mol. The molecule has 0 unspecified atom stereocenters. The minimum Gasteiger partial charge on any atom is -0.478 e. The molecule has 1 aliphatic heterocycles. The zero-order valence-electron chi connectivity index (χ0n) is 17.8. The molecule has 1 aliphatic rings. The van der Waals surface area contributed by atoms with Gasteiger partial charge in [0.15, 0.2) is 0 Å². The van der Waals surface area contributed by atoms with Crippen LogP contribution in [0.15, 0.2) is 47.6 Å². The van der Waals surface area contributed by atoms with Crippen molar-refractivity contribution < 1.29 is 33.7 Å². The number of piperidine rings is 1. The second-order valence-corrected chi connectivity index (χ2v) is 8.43. The van der Waals surface area contributed by atoms with Gasteiger partial charge in [-0.05, 0) is 31.4 Å². The largest absolute Gasteiger partial charge is 0.509 e. The number of likely N-dealkylation sites (tertiary alicyclic amines) is 1. The summed E-state index contributed by atoms with van der Waals surface area (Å²) < 4.78 is 14.9. The topological polar surface area (TPSA) is 102 Å². The molecule has 0 bridgehead atoms. The van der Waals surface area contributed by atoms with Crippen LogP contribution in [0.2, 0.25) is 0 Å². The molecule has 0 aromatic carbocycles. The van der Waals surface area contributed by atoms with Crippen LogP contribution in [0.3, 0.4) is 0 Å². The van der Waals surface area contributed by atoms with E-state index in [9.17, 15) is 19.5 Å². The number of aliphatic carboxylic acids is 1. The van der Waals surface area contributed by atoms with Crippen molar-refractivity contribution >= 4 is 41.5 Å². The maximum Gasteiger partial charge on any atom is 0.509 e. The van der Waals surface area contributed by atoms with E-state index < -0.39 is 24.1 Å². The number of carbonyl (C=O) groups excluding carboxylic acids is 2. The van der Waals surface area contributed by atoms with Gasteiger partial charge in [-0.15, -0.1) is 11.8 Å². The van der Waals surface area contributed by atoms with Gasteiger partial charge in [0.1, 0.15) is 12.0 Å². The molecule has 172 valence electrons. The number of hydrogen-bond acceptors (Lipinski definition) is 8. The number of nitrogens with zero attached hydrogens (tertiary/aromatic N) is 1. The van der Waals surface area contributed by atoms with E-state index in [0.717, 1.165) is 6.08 Å². The predicted octanol–water partition coefficient (Wildman–Crippen LogP) is 3.73. The molecule has 1 fully saturated rings. The van der Waals surface area contributed by atoms with Gasteiger partial charge in [0, 0.05) is 29.4 Å². The van der Waals surface area contributed by atoms with Crippen LogP contribution in [0.1, 0.15) is 20.3 Å². The second kappa shape index (κ2) is 13.2. The van der Waals surface area contributed by atoms with Gasteiger partial charge < -0.3 is 19.3 Å². The molecular formula is C21H28ClNO7S. The van der Waals surface area contributed by atoms with Gasteiger partial charge in [-0.3, -0.25) is 4.90 Å². The molecule has 0 aromatic heterocycles. The normalized spacial score (nSPS) is 19.6. The summed E-state index contributed by atoms with van der Waals surface area (Å²) >= 11 is 7.39. The number of carboxylic acid groups (broad SMARTS) is 1. The van der Waals surface area contributed by atoms with Gasteiger partial charge in [-0.2, -0.15) is 0 Å². The molecule has 0 amide bonds. The van der Waals surface area contributed by atoms with Gasteiger partial charge in [-0.1, -0.05) is 36.9 Å². The number of esters is 1. The number of rotatable bonds is 10. The predicted molar refractivity (Wildman–Crippen MR) is 120 cm³/mol. The molecule has 0 radical (unpaired) electrons. The molecule has 1 N–H and O–H groups in total. The van der Waals surface area contributed by atoms with E-state index in [1.54, 1.807) is 24.8 Å². The third-order valence-electron chi connectivity index (χ3n) is 4.26. The van der Waals surface area contributed by atoms with Crippen molar-refractivity contribution in [3.8, 4) is 0 Å². The number of methoxy groups -OCH3 is 1. The molecule has 31 heavy (non-hydrogen) atoms. The molecule has 8 nitrogen and oxygen atoms in total. The Morgan fingerprint density at radius 3 is 2.58 bits per heavy atom. The zero-order chi connectivity index (χ0) is 23.6. The molecule has 0 aliphatic carbocycles. The Kier molecular flexibility index (Phi) is 11.4. The number of ether oxygens (including phenoxy) is 3. The number of thioether (sulfide) groups is 1. The smallest absolute Gasteiger partial charge is 0.478 e. The molecule has 0 saturated carbocycles. The van der Waals surface area contributed by atoms with Gasteiger partial charge in [0.2, 0.25) is 0 Å². The molecule has 10 heteroatoms. The lowest BCUT2D eigenvalue weighted by Gasteiger charge is -2.38. The molecule has 1 saturated heterocycles. The summed E-state index contributed by atoms with van der Waals surface area (Å²) in [6, 6.07) is -0.867. The quantitative estimate of drug-likeness (QED) is 0.220. The van der Waals surface area contributed by atoms with Gasteiger partial charge in [0.05, 0.1) is 13.2 Å². The van der Waals surface area contributed by atoms with Crippen molar-refractivity contribution in [2.45, 2.75) is 37.7 Å². The van der Waals surface area contributed by atoms with Crippen LogP contribution in [0, 0.1) is 0 Å². The van der Waals surface area contributed by atoms with E-state index in [0.29, 0.717) is 24.1 Å². The summed E-state index contributed by atoms with van der Waals surface area (Å²) in [4.78, 5) is 37.2. The van der Waals surface area contributed by atoms with Gasteiger partial charge >= 0.3 is 18.1 Å². The summed E-state index contributed by atoms with van der Waals surface area (Å²) in [5.74, 6) is -1.65. The van der Waals surface area contributed by atoms with Crippen molar-refractivity contribution in [3.63, 3.8) is 0 Å². The lowest BCUT2D eigenvalue weighted by Crippen LogP contribution is -2.49. The summed E-state index contributed by atoms with van der Waals surface area (Å²) in [5.41, 5.74) is 0.987. The standard InChI is InChI=1S/C21H28ClNO7S/c1-6-7-16(14(4)22)19(20(26)28-5)23-9-8-17(15(11-23)10-18(24)25)31-12-29-21(27)30-13(2)3/h6-7,10,13,17,19H,1,4,8-9,11-12H2,2-3,5H3,(H,24,25)/b15-10-,16-7+/t17-,19+/m1/s1. The fraction of sp³-hybridized carbons (Fsp3) is 0.476. The number of hydrogen-bond donors (Lipinski definition) is 1. The number of carboxylic acids is 1. The van der Waals surface area contributed by atoms with Crippen molar-refractivity contribution in [2.75, 3.05) is 26.1 Å². The third-order valence-corrected chi connectivity index (χ3v) is 5.67. The average molecular weight is 474 g/mol. The first-order valence-corrected chi connectivity index (χ1v) is 10.9. The van der Waals surface area contributed by atoms with Crippen LogP contribution < -0.4 is 0 Å². The minimum atomic E-state index is -1.11. The fourth-order valence-electron chi connectivity index (χ4n) is 3.02. The van der Waals surface area contributed by atoms with Crippen LogP contribution in [-0.4, -0.2) is 71.6 Å². The van der Waals surface area contributed by atoms with Gasteiger partial charge in [-0.25, -0.2) is 14.4 Å². The van der Waals surface area contributed by atoms with Crippen molar-refractivity contribution in [1.29, 1.82) is 0 Å². The number of allylic oxidation sites excluding steroid dienone is 2. The maximum absolute atomic E-state index is 12.5. The Labute approximate surface area is 191 Å². The Morgan fingerprint density at radius 1 is 1.39 bits per heavy atom. The van der Waals surface area contributed by atoms with Crippen LogP contribution in [0.25, 0.3) is 0 Å². The van der Waals surface area contributed by atoms with E-state index >= 15 is 0 Å². The Balaban J connectivity index is 3.01. The fourth-order valence-corrected chi connectivity index (χ4v) is 4.15. The monoisotopic (exact) mass is 473 g/mol. The summed E-state index contributed by atoms with van der Waals surface area (Å²) in [6.07, 6.45) is 3.60. The highest BCUT2D eigenvalue weighted by atomic mass is 35.5. The van der Waals surface area contributed by atoms with Crippen molar-refractivity contribution in [1.82, 2.24) is 4.90 Å². The van der Waals surface area contributed by atoms with Gasteiger partial charge in [0.25, 0.3) is 0 Å². The Bertz CT molecular complexity index is 763. The Hall–Kier alpha value is -2.23. The van der Waals surface area contributed by atoms with E-state index in [-0.39, 0.29) is 28.9 Å². The highest BCUT2D eigenvalue weighted by molar-refractivity contribution is 7.99. The molecule has 1 heterocycles. The highest BCUT2D eigenvalue weighted by Gasteiger charge is 2.36. The Morgan fingerprint density at radius 2 is 2.06 bits per heavy atom. The first-order chi connectivity index (χ1) is 14.6. The van der Waals surface area contributed by atoms with Crippen LogP contribution in [-0.2, 0) is 23.8 Å². The molecule has 1 rings (SSSR count). The van der Waals surface area contributed by atoms with Crippen LogP contribution in [0.4, 0.5) is 4.79 Å². The lowest BCUT2D eigenvalue weighted by molar-refractivity contribution is -0.145. The molecule has 0 aromatic rings. The summed E-state index contributed by atoms with van der Waals surface area (Å²) in [5, 5.41) is 9.24. The maximum atomic E-state index is 12.5. The third kappa shape index (κ3) is 8.80. The SMILES string of the molecule is C=C/C=C(\C(=C)Cl)[C@@H](C(=O)OC)N1CC[C@@H](SCOC(=O)OC(C)C)/C(=C\C(=O)O)C1. The van der Waals surface area contributed by atoms with Crippen molar-refractivity contribution in [2.24, 2.45) is 0 Å². The van der Waals surface area contributed by atoms with Crippen molar-refractivity contribution in [3.05, 3.63) is 47.6 Å². The molecule has 0 spiro atoms. The summed E-state index contributed by atoms with van der Waals surface area (Å²) in [6.45, 7) is 11.4. The van der Waals surface area contributed by atoms with E-state index in [2.05, 4.69) is 13.2 Å². The van der Waals surface area contributed by atoms with E-state index in [1.165, 1.54) is 24.9 Å². The van der Waals surface area contributed by atoms with E-state index in [1.807, 2.05) is 0 Å². The second-order valence-electron chi connectivity index (χ2n) is 6.84. The van der Waals surface area contributed by atoms with Crippen LogP contribution in [0.5, 0.6) is 0 Å². The molecule has 2 atom stereocenters. The number of halogens is 1. The minimum absolute atomic E-state index is 0.00765. The average Bonchev–Trinajstić information content (AvgIpc) is 2.67. The summed E-state index contributed by atoms with van der Waals surface area (Å²) in [7, 11) is 1.27. The van der Waals surface area contributed by atoms with Crippen LogP contribution >= 0.6 is 23.4 Å². The van der Waals surface area contributed by atoms with E-state index in [4.69, 9.17) is 25.8 Å². The zero-order valence-corrected chi connectivity index (χ0v) is 19.4. The highest BCUT2D eigenvalue weighted by Crippen LogP contribution is 2.32. The number of carbonyl (C=O) groups is 3. The first-order valence-electron chi connectivity index (χ1n) is 9.48.